The molecule has 1 aromatic carbocycles. The second-order valence-corrected chi connectivity index (χ2v) is 6.36. The largest absolute Gasteiger partial charge is 0.360 e. The molecule has 2 heterocycles. The Morgan fingerprint density at radius 3 is 2.95 bits per heavy atom. The van der Waals surface area contributed by atoms with E-state index in [1.165, 1.54) is 11.8 Å². The number of H-pyrrole nitrogens is 1. The Kier molecular flexibility index (Phi) is 3.54. The molecule has 0 bridgehead atoms. The number of amides is 1. The minimum absolute atomic E-state index is 0.130. The number of rotatable bonds is 3. The standard InChI is InChI=1S/C14H13N3O2S2/c1-14(17-13(19)20)7-21-12(16-14)11(18)9-6-15-10-5-3-2-4-8(9)10/h2-6,15H,7H2,1H3,(H2,17,19,20). The van der Waals surface area contributed by atoms with E-state index in [-0.39, 0.29) is 5.78 Å². The average molecular weight is 319 g/mol. The van der Waals surface area contributed by atoms with Crippen molar-refractivity contribution >= 4 is 51.4 Å². The van der Waals surface area contributed by atoms with Crippen LogP contribution < -0.4 is 5.32 Å². The van der Waals surface area contributed by atoms with E-state index in [0.717, 1.165) is 10.9 Å². The van der Waals surface area contributed by atoms with Crippen LogP contribution >= 0.6 is 24.4 Å². The molecule has 0 saturated carbocycles. The number of hydrogen-bond donors (Lipinski definition) is 3. The Morgan fingerprint density at radius 1 is 1.43 bits per heavy atom. The highest BCUT2D eigenvalue weighted by atomic mass is 32.2. The number of benzene rings is 1. The fourth-order valence-electron chi connectivity index (χ4n) is 2.28. The molecule has 7 heteroatoms. The number of thioether (sulfide) groups is 1. The topological polar surface area (TPSA) is 74.3 Å². The van der Waals surface area contributed by atoms with Crippen LogP contribution in [0.5, 0.6) is 0 Å². The number of para-hydroxylation sites is 1. The molecule has 21 heavy (non-hydrogen) atoms. The second kappa shape index (κ2) is 5.23. The Balaban J connectivity index is 1.93. The molecule has 108 valence electrons. The van der Waals surface area contributed by atoms with Gasteiger partial charge in [-0.15, -0.1) is 0 Å². The number of hydrogen-bond acceptors (Lipinski definition) is 4. The van der Waals surface area contributed by atoms with Crippen molar-refractivity contribution in [2.24, 2.45) is 4.99 Å². The van der Waals surface area contributed by atoms with Gasteiger partial charge in [0.05, 0.1) is 5.56 Å². The smallest absolute Gasteiger partial charge is 0.277 e. The highest BCUT2D eigenvalue weighted by molar-refractivity contribution is 8.16. The third-order valence-electron chi connectivity index (χ3n) is 3.24. The van der Waals surface area contributed by atoms with Crippen molar-refractivity contribution in [1.82, 2.24) is 10.3 Å². The van der Waals surface area contributed by atoms with Crippen LogP contribution in [0.3, 0.4) is 0 Å². The number of carbonyl (C=O) groups excluding carboxylic acids is 2. The van der Waals surface area contributed by atoms with Crippen LogP contribution in [0.2, 0.25) is 0 Å². The Hall–Kier alpha value is -1.73. The zero-order valence-electron chi connectivity index (χ0n) is 11.2. The second-order valence-electron chi connectivity index (χ2n) is 4.99. The van der Waals surface area contributed by atoms with Crippen LogP contribution in [0.25, 0.3) is 10.9 Å². The average Bonchev–Trinajstić information content (AvgIpc) is 3.01. The lowest BCUT2D eigenvalue weighted by Crippen LogP contribution is -2.42. The lowest BCUT2D eigenvalue weighted by atomic mass is 10.1. The van der Waals surface area contributed by atoms with E-state index in [1.807, 2.05) is 24.3 Å². The molecular weight excluding hydrogens is 306 g/mol. The van der Waals surface area contributed by atoms with Crippen molar-refractivity contribution in [3.8, 4) is 0 Å². The molecule has 1 aliphatic heterocycles. The molecule has 0 aliphatic carbocycles. The predicted molar refractivity (Wildman–Crippen MR) is 88.4 cm³/mol. The van der Waals surface area contributed by atoms with Gasteiger partial charge in [-0.3, -0.25) is 9.59 Å². The highest BCUT2D eigenvalue weighted by Crippen LogP contribution is 2.29. The molecule has 0 radical (unpaired) electrons. The van der Waals surface area contributed by atoms with Gasteiger partial charge in [0.1, 0.15) is 10.7 Å². The number of carbonyl (C=O) groups is 2. The van der Waals surface area contributed by atoms with Gasteiger partial charge in [0, 0.05) is 22.9 Å². The molecular formula is C14H13N3O2S2. The van der Waals surface area contributed by atoms with Crippen molar-refractivity contribution in [2.75, 3.05) is 5.75 Å². The first kappa shape index (κ1) is 14.2. The van der Waals surface area contributed by atoms with Gasteiger partial charge in [0.2, 0.25) is 5.78 Å². The fraction of sp³-hybridized carbons (Fsp3) is 0.214. The van der Waals surface area contributed by atoms with Gasteiger partial charge < -0.3 is 10.3 Å². The number of thiol groups is 1. The maximum atomic E-state index is 12.6. The summed E-state index contributed by atoms with van der Waals surface area (Å²) in [7, 11) is 0. The lowest BCUT2D eigenvalue weighted by Gasteiger charge is -2.19. The molecule has 0 saturated heterocycles. The van der Waals surface area contributed by atoms with E-state index in [0.29, 0.717) is 16.4 Å². The van der Waals surface area contributed by atoms with Gasteiger partial charge in [-0.1, -0.05) is 42.6 Å². The predicted octanol–water partition coefficient (Wildman–Crippen LogP) is 2.85. The lowest BCUT2D eigenvalue weighted by molar-refractivity contribution is 0.107. The summed E-state index contributed by atoms with van der Waals surface area (Å²) in [6.07, 6.45) is 1.70. The molecule has 1 aliphatic rings. The molecule has 1 aromatic heterocycles. The van der Waals surface area contributed by atoms with Crippen LogP contribution in [0.4, 0.5) is 4.79 Å². The number of nitrogens with zero attached hydrogens (tertiary/aromatic N) is 1. The molecule has 2 N–H and O–H groups in total. The normalized spacial score (nSPS) is 21.3. The highest BCUT2D eigenvalue weighted by Gasteiger charge is 2.35. The van der Waals surface area contributed by atoms with Crippen LogP contribution in [-0.2, 0) is 0 Å². The van der Waals surface area contributed by atoms with Gasteiger partial charge in [-0.25, -0.2) is 4.99 Å². The summed E-state index contributed by atoms with van der Waals surface area (Å²) < 4.78 is 0. The molecule has 3 rings (SSSR count). The van der Waals surface area contributed by atoms with Crippen LogP contribution in [0, 0.1) is 0 Å². The number of Topliss-reactive ketones (excluding diaryl/α,β-unsaturated/α-hetero) is 1. The third-order valence-corrected chi connectivity index (χ3v) is 4.61. The summed E-state index contributed by atoms with van der Waals surface area (Å²) in [6, 6.07) is 7.62. The summed E-state index contributed by atoms with van der Waals surface area (Å²) >= 11 is 5.04. The Labute approximate surface area is 131 Å². The molecule has 5 nitrogen and oxygen atoms in total. The van der Waals surface area contributed by atoms with E-state index < -0.39 is 10.9 Å². The summed E-state index contributed by atoms with van der Waals surface area (Å²) in [5.41, 5.74) is 0.731. The first-order chi connectivity index (χ1) is 9.98. The van der Waals surface area contributed by atoms with Crippen LogP contribution in [0.15, 0.2) is 35.5 Å². The van der Waals surface area contributed by atoms with Crippen LogP contribution in [0.1, 0.15) is 17.3 Å². The van der Waals surface area contributed by atoms with Gasteiger partial charge in [0.15, 0.2) is 0 Å². The number of aliphatic imine (C=N–C) groups is 1. The van der Waals surface area contributed by atoms with E-state index in [2.05, 4.69) is 27.9 Å². The molecule has 1 atom stereocenters. The van der Waals surface area contributed by atoms with Crippen LogP contribution in [-0.4, -0.2) is 32.5 Å². The number of fused-ring (bicyclic) bond motifs is 1. The maximum Gasteiger partial charge on any atom is 0.277 e. The summed E-state index contributed by atoms with van der Waals surface area (Å²) in [6.45, 7) is 1.77. The van der Waals surface area contributed by atoms with E-state index in [1.54, 1.807) is 13.1 Å². The van der Waals surface area contributed by atoms with Gasteiger partial charge in [-0.2, -0.15) is 0 Å². The van der Waals surface area contributed by atoms with Gasteiger partial charge >= 0.3 is 0 Å². The zero-order valence-corrected chi connectivity index (χ0v) is 12.9. The monoisotopic (exact) mass is 319 g/mol. The maximum absolute atomic E-state index is 12.6. The van der Waals surface area contributed by atoms with E-state index in [9.17, 15) is 9.59 Å². The number of ketones is 1. The zero-order chi connectivity index (χ0) is 15.0. The fourth-order valence-corrected chi connectivity index (χ4v) is 3.59. The van der Waals surface area contributed by atoms with Gasteiger partial charge in [0.25, 0.3) is 5.24 Å². The third kappa shape index (κ3) is 2.71. The molecule has 0 spiro atoms. The van der Waals surface area contributed by atoms with Crippen molar-refractivity contribution in [3.05, 3.63) is 36.0 Å². The van der Waals surface area contributed by atoms with E-state index >= 15 is 0 Å². The molecule has 1 unspecified atom stereocenters. The van der Waals surface area contributed by atoms with Crippen molar-refractivity contribution in [1.29, 1.82) is 0 Å². The van der Waals surface area contributed by atoms with E-state index in [4.69, 9.17) is 0 Å². The van der Waals surface area contributed by atoms with Crippen molar-refractivity contribution < 1.29 is 9.59 Å². The number of nitrogens with one attached hydrogen (secondary N) is 2. The quantitative estimate of drug-likeness (QED) is 0.601. The summed E-state index contributed by atoms with van der Waals surface area (Å²) in [5, 5.41) is 3.47. The first-order valence-electron chi connectivity index (χ1n) is 6.33. The Bertz CT molecular complexity index is 768. The minimum Gasteiger partial charge on any atom is -0.360 e. The number of aromatic nitrogens is 1. The SMILES string of the molecule is CC1(NC(=O)S)CSC(C(=O)c2c[nH]c3ccccc23)=N1. The Morgan fingerprint density at radius 2 is 2.19 bits per heavy atom. The molecule has 0 fully saturated rings. The van der Waals surface area contributed by atoms with Crippen molar-refractivity contribution in [3.63, 3.8) is 0 Å². The minimum atomic E-state index is -0.777. The van der Waals surface area contributed by atoms with Gasteiger partial charge in [-0.05, 0) is 13.0 Å². The molecule has 2 aromatic rings. The molecule has 1 amide bonds. The van der Waals surface area contributed by atoms with Crippen molar-refractivity contribution in [2.45, 2.75) is 12.6 Å². The summed E-state index contributed by atoms with van der Waals surface area (Å²) in [5.74, 6) is 0.387. The number of aromatic amines is 1. The summed E-state index contributed by atoms with van der Waals surface area (Å²) in [4.78, 5) is 31.1. The first-order valence-corrected chi connectivity index (χ1v) is 7.76.